The number of nitrogens with one attached hydrogen (secondary N) is 1. The van der Waals surface area contributed by atoms with E-state index in [1.807, 2.05) is 6.07 Å². The molecule has 0 saturated heterocycles. The van der Waals surface area contributed by atoms with Crippen molar-refractivity contribution in [2.24, 2.45) is 4.40 Å². The smallest absolute Gasteiger partial charge is 0.337 e. The van der Waals surface area contributed by atoms with Crippen LogP contribution in [0, 0.1) is 0 Å². The van der Waals surface area contributed by atoms with Gasteiger partial charge in [0.1, 0.15) is 11.2 Å². The van der Waals surface area contributed by atoms with Gasteiger partial charge in [0.05, 0.1) is 24.0 Å². The number of para-hydroxylation sites is 1. The second-order valence-corrected chi connectivity index (χ2v) is 7.18. The number of sulfonamides is 1. The number of carbonyl (C=O) groups excluding carboxylic acids is 1. The van der Waals surface area contributed by atoms with Crippen LogP contribution < -0.4 is 11.1 Å². The summed E-state index contributed by atoms with van der Waals surface area (Å²) >= 11 is 0. The van der Waals surface area contributed by atoms with E-state index in [1.54, 1.807) is 38.4 Å². The summed E-state index contributed by atoms with van der Waals surface area (Å²) in [6, 6.07) is 11.5. The molecule has 9 heteroatoms. The Labute approximate surface area is 152 Å². The molecule has 2 rings (SSSR count). The van der Waals surface area contributed by atoms with E-state index >= 15 is 0 Å². The molecule has 0 radical (unpaired) electrons. The minimum Gasteiger partial charge on any atom is -0.465 e. The lowest BCUT2D eigenvalue weighted by Gasteiger charge is -2.15. The van der Waals surface area contributed by atoms with Gasteiger partial charge in [-0.25, -0.2) is 4.79 Å². The first-order valence-corrected chi connectivity index (χ1v) is 8.99. The summed E-state index contributed by atoms with van der Waals surface area (Å²) in [5.74, 6) is -0.698. The van der Waals surface area contributed by atoms with Gasteiger partial charge in [0, 0.05) is 19.8 Å². The zero-order valence-corrected chi connectivity index (χ0v) is 15.4. The molecule has 3 N–H and O–H groups in total. The van der Waals surface area contributed by atoms with Gasteiger partial charge >= 0.3 is 5.97 Å². The summed E-state index contributed by atoms with van der Waals surface area (Å²) in [5, 5.41) is 2.97. The number of hydrogen-bond acceptors (Lipinski definition) is 6. The maximum Gasteiger partial charge on any atom is 0.337 e. The molecule has 0 aliphatic rings. The Morgan fingerprint density at radius 3 is 2.46 bits per heavy atom. The number of anilines is 3. The molecule has 0 amide bonds. The van der Waals surface area contributed by atoms with E-state index in [2.05, 4.69) is 14.5 Å². The lowest BCUT2D eigenvalue weighted by Crippen LogP contribution is -2.13. The van der Waals surface area contributed by atoms with Crippen LogP contribution in [0.3, 0.4) is 0 Å². The van der Waals surface area contributed by atoms with Gasteiger partial charge in [0.2, 0.25) is 0 Å². The number of methoxy groups -OCH3 is 1. The SMILES string of the molecule is COC(=O)c1cc(N)c(Nc2ccccc2)c(S(=O)(=O)N=CN(C)C)c1. The van der Waals surface area contributed by atoms with Gasteiger partial charge in [0.25, 0.3) is 10.0 Å². The predicted molar refractivity (Wildman–Crippen MR) is 101 cm³/mol. The Hall–Kier alpha value is -3.07. The van der Waals surface area contributed by atoms with Crippen LogP contribution in [0.15, 0.2) is 51.8 Å². The van der Waals surface area contributed by atoms with E-state index in [9.17, 15) is 13.2 Å². The average Bonchev–Trinajstić information content (AvgIpc) is 2.61. The summed E-state index contributed by atoms with van der Waals surface area (Å²) in [6.07, 6.45) is 1.16. The number of nitrogen functional groups attached to an aromatic ring is 1. The quantitative estimate of drug-likeness (QED) is 0.343. The van der Waals surface area contributed by atoms with Crippen LogP contribution >= 0.6 is 0 Å². The zero-order valence-electron chi connectivity index (χ0n) is 14.6. The van der Waals surface area contributed by atoms with E-state index < -0.39 is 16.0 Å². The maximum absolute atomic E-state index is 12.7. The largest absolute Gasteiger partial charge is 0.465 e. The summed E-state index contributed by atoms with van der Waals surface area (Å²) in [7, 11) is 0.367. The van der Waals surface area contributed by atoms with Crippen molar-refractivity contribution in [3.8, 4) is 0 Å². The zero-order chi connectivity index (χ0) is 19.3. The molecule has 0 atom stereocenters. The lowest BCUT2D eigenvalue weighted by molar-refractivity contribution is 0.0600. The molecule has 8 nitrogen and oxygen atoms in total. The number of nitrogens with zero attached hydrogens (tertiary/aromatic N) is 2. The summed E-state index contributed by atoms with van der Waals surface area (Å²) in [4.78, 5) is 13.1. The van der Waals surface area contributed by atoms with E-state index in [4.69, 9.17) is 5.73 Å². The van der Waals surface area contributed by atoms with Crippen LogP contribution in [0.5, 0.6) is 0 Å². The number of nitrogens with two attached hydrogens (primary N) is 1. The molecule has 138 valence electrons. The van der Waals surface area contributed by atoms with Gasteiger partial charge in [-0.1, -0.05) is 18.2 Å². The molecule has 0 heterocycles. The first-order valence-electron chi connectivity index (χ1n) is 7.55. The van der Waals surface area contributed by atoms with E-state index in [0.717, 1.165) is 6.34 Å². The van der Waals surface area contributed by atoms with E-state index in [0.29, 0.717) is 5.69 Å². The highest BCUT2D eigenvalue weighted by atomic mass is 32.2. The van der Waals surface area contributed by atoms with Crippen molar-refractivity contribution in [3.63, 3.8) is 0 Å². The molecule has 0 bridgehead atoms. The number of ether oxygens (including phenoxy) is 1. The number of carbonyl (C=O) groups is 1. The van der Waals surface area contributed by atoms with Gasteiger partial charge in [-0.05, 0) is 24.3 Å². The number of hydrogen-bond donors (Lipinski definition) is 2. The van der Waals surface area contributed by atoms with E-state index in [-0.39, 0.29) is 21.8 Å². The third-order valence-electron chi connectivity index (χ3n) is 3.29. The molecule has 0 unspecified atom stereocenters. The lowest BCUT2D eigenvalue weighted by atomic mass is 10.1. The van der Waals surface area contributed by atoms with Crippen LogP contribution in [0.4, 0.5) is 17.1 Å². The molecular weight excluding hydrogens is 356 g/mol. The minimum absolute atomic E-state index is 0.0160. The van der Waals surface area contributed by atoms with Gasteiger partial charge in [-0.3, -0.25) is 0 Å². The van der Waals surface area contributed by atoms with Crippen molar-refractivity contribution in [2.45, 2.75) is 4.90 Å². The fraction of sp³-hybridized carbons (Fsp3) is 0.176. The van der Waals surface area contributed by atoms with E-state index in [1.165, 1.54) is 24.1 Å². The van der Waals surface area contributed by atoms with Crippen LogP contribution in [-0.2, 0) is 14.8 Å². The monoisotopic (exact) mass is 376 g/mol. The van der Waals surface area contributed by atoms with Gasteiger partial charge < -0.3 is 20.7 Å². The van der Waals surface area contributed by atoms with Crippen molar-refractivity contribution in [2.75, 3.05) is 32.3 Å². The van der Waals surface area contributed by atoms with Crippen LogP contribution in [0.2, 0.25) is 0 Å². The molecule has 26 heavy (non-hydrogen) atoms. The summed E-state index contributed by atoms with van der Waals surface area (Å²) in [5.41, 5.74) is 6.89. The minimum atomic E-state index is -4.12. The molecule has 0 fully saturated rings. The molecule has 0 saturated carbocycles. The Kier molecular flexibility index (Phi) is 5.83. The van der Waals surface area contributed by atoms with Crippen molar-refractivity contribution in [1.29, 1.82) is 0 Å². The van der Waals surface area contributed by atoms with Crippen molar-refractivity contribution >= 4 is 39.4 Å². The molecule has 2 aromatic rings. The standard InChI is InChI=1S/C17H20N4O4S/c1-21(2)11-19-26(23,24)15-10-12(17(22)25-3)9-14(18)16(15)20-13-7-5-4-6-8-13/h4-11,20H,18H2,1-3H3. The normalized spacial score (nSPS) is 11.3. The van der Waals surface area contributed by atoms with Gasteiger partial charge in [-0.15, -0.1) is 4.40 Å². The highest BCUT2D eigenvalue weighted by Crippen LogP contribution is 2.33. The van der Waals surface area contributed by atoms with Gasteiger partial charge in [0.15, 0.2) is 0 Å². The first-order chi connectivity index (χ1) is 12.2. The Bertz CT molecular complexity index is 925. The third-order valence-corrected chi connectivity index (χ3v) is 4.54. The topological polar surface area (TPSA) is 114 Å². The first kappa shape index (κ1) is 19.3. The number of benzene rings is 2. The molecule has 2 aromatic carbocycles. The van der Waals surface area contributed by atoms with Crippen LogP contribution in [0.25, 0.3) is 0 Å². The number of rotatable bonds is 6. The van der Waals surface area contributed by atoms with Gasteiger partial charge in [-0.2, -0.15) is 8.42 Å². The second kappa shape index (κ2) is 7.87. The maximum atomic E-state index is 12.7. The second-order valence-electron chi connectivity index (χ2n) is 5.58. The Balaban J connectivity index is 2.64. The highest BCUT2D eigenvalue weighted by Gasteiger charge is 2.23. The van der Waals surface area contributed by atoms with Crippen molar-refractivity contribution in [1.82, 2.24) is 4.90 Å². The Morgan fingerprint density at radius 2 is 1.88 bits per heavy atom. The molecule has 0 spiro atoms. The average molecular weight is 376 g/mol. The molecular formula is C17H20N4O4S. The Morgan fingerprint density at radius 1 is 1.23 bits per heavy atom. The summed E-state index contributed by atoms with van der Waals surface area (Å²) in [6.45, 7) is 0. The van der Waals surface area contributed by atoms with Crippen molar-refractivity contribution in [3.05, 3.63) is 48.0 Å². The fourth-order valence-corrected chi connectivity index (χ4v) is 3.22. The fourth-order valence-electron chi connectivity index (χ4n) is 2.09. The molecule has 0 aliphatic heterocycles. The molecule has 0 aromatic heterocycles. The highest BCUT2D eigenvalue weighted by molar-refractivity contribution is 7.90. The predicted octanol–water partition coefficient (Wildman–Crippen LogP) is 2.08. The van der Waals surface area contributed by atoms with Crippen molar-refractivity contribution < 1.29 is 17.9 Å². The molecule has 0 aliphatic carbocycles. The van der Waals surface area contributed by atoms with Crippen LogP contribution in [0.1, 0.15) is 10.4 Å². The number of esters is 1. The third kappa shape index (κ3) is 4.51. The van der Waals surface area contributed by atoms with Crippen LogP contribution in [-0.4, -0.2) is 46.8 Å². The summed E-state index contributed by atoms with van der Waals surface area (Å²) < 4.78 is 33.7.